The molecule has 1 aromatic carbocycles. The molecule has 22 heavy (non-hydrogen) atoms. The minimum Gasteiger partial charge on any atom is -0.496 e. The van der Waals surface area contributed by atoms with Gasteiger partial charge in [0.05, 0.1) is 18.8 Å². The standard InChI is InChI=1S/C17H24ClNO3/c1-21-16-9-8-13(18)12-15(16)17(20)19-10-5-11-22-14-6-3-2-4-7-14/h8-9,12,14H,2-7,10-11H2,1H3,(H,19,20). The molecule has 0 spiro atoms. The lowest BCUT2D eigenvalue weighted by Crippen LogP contribution is -2.26. The summed E-state index contributed by atoms with van der Waals surface area (Å²) in [5.41, 5.74) is 0.461. The number of nitrogens with one attached hydrogen (secondary N) is 1. The second-order valence-electron chi connectivity index (χ2n) is 5.58. The van der Waals surface area contributed by atoms with E-state index in [1.165, 1.54) is 39.2 Å². The van der Waals surface area contributed by atoms with Crippen molar-refractivity contribution in [2.24, 2.45) is 0 Å². The molecule has 1 amide bonds. The molecule has 1 fully saturated rings. The first kappa shape index (κ1) is 17.1. The lowest BCUT2D eigenvalue weighted by Gasteiger charge is -2.21. The van der Waals surface area contributed by atoms with Gasteiger partial charge in [-0.3, -0.25) is 4.79 Å². The predicted octanol–water partition coefficient (Wildman–Crippen LogP) is 3.82. The van der Waals surface area contributed by atoms with Crippen LogP contribution in [0.5, 0.6) is 5.75 Å². The molecular weight excluding hydrogens is 302 g/mol. The normalized spacial score (nSPS) is 15.5. The van der Waals surface area contributed by atoms with Gasteiger partial charge in [-0.1, -0.05) is 30.9 Å². The Morgan fingerprint density at radius 1 is 1.32 bits per heavy atom. The van der Waals surface area contributed by atoms with Crippen LogP contribution in [0.3, 0.4) is 0 Å². The van der Waals surface area contributed by atoms with E-state index < -0.39 is 0 Å². The minimum absolute atomic E-state index is 0.169. The van der Waals surface area contributed by atoms with E-state index in [0.717, 1.165) is 6.42 Å². The minimum atomic E-state index is -0.169. The van der Waals surface area contributed by atoms with Crippen LogP contribution in [-0.2, 0) is 4.74 Å². The average molecular weight is 326 g/mol. The first-order chi connectivity index (χ1) is 10.7. The predicted molar refractivity (Wildman–Crippen MR) is 87.8 cm³/mol. The lowest BCUT2D eigenvalue weighted by molar-refractivity contribution is 0.0273. The SMILES string of the molecule is COc1ccc(Cl)cc1C(=O)NCCCOC1CCCCC1. The molecule has 0 aromatic heterocycles. The van der Waals surface area contributed by atoms with E-state index in [1.807, 2.05) is 0 Å². The maximum absolute atomic E-state index is 12.2. The third kappa shape index (κ3) is 5.18. The van der Waals surface area contributed by atoms with Crippen LogP contribution >= 0.6 is 11.6 Å². The third-order valence-corrected chi connectivity index (χ3v) is 4.15. The number of ether oxygens (including phenoxy) is 2. The Hall–Kier alpha value is -1.26. The van der Waals surface area contributed by atoms with E-state index >= 15 is 0 Å². The summed E-state index contributed by atoms with van der Waals surface area (Å²) < 4.78 is 11.0. The number of rotatable bonds is 7. The van der Waals surface area contributed by atoms with Gasteiger partial charge in [-0.25, -0.2) is 0 Å². The van der Waals surface area contributed by atoms with Crippen molar-refractivity contribution in [3.05, 3.63) is 28.8 Å². The molecule has 0 aliphatic heterocycles. The van der Waals surface area contributed by atoms with E-state index in [2.05, 4.69) is 5.32 Å². The number of halogens is 1. The molecule has 122 valence electrons. The molecule has 1 aliphatic rings. The molecule has 0 heterocycles. The van der Waals surface area contributed by atoms with Crippen LogP contribution in [-0.4, -0.2) is 32.3 Å². The van der Waals surface area contributed by atoms with Gasteiger partial charge in [-0.15, -0.1) is 0 Å². The van der Waals surface area contributed by atoms with Gasteiger partial charge in [0.15, 0.2) is 0 Å². The van der Waals surface area contributed by atoms with Gasteiger partial charge in [-0.05, 0) is 37.5 Å². The van der Waals surface area contributed by atoms with Crippen LogP contribution in [0.4, 0.5) is 0 Å². The lowest BCUT2D eigenvalue weighted by atomic mass is 9.98. The molecule has 0 saturated heterocycles. The number of carbonyl (C=O) groups is 1. The Bertz CT molecular complexity index is 487. The fraction of sp³-hybridized carbons (Fsp3) is 0.588. The van der Waals surface area contributed by atoms with Gasteiger partial charge >= 0.3 is 0 Å². The van der Waals surface area contributed by atoms with E-state index in [9.17, 15) is 4.79 Å². The van der Waals surface area contributed by atoms with Crippen molar-refractivity contribution in [3.63, 3.8) is 0 Å². The molecule has 1 aliphatic carbocycles. The Kier molecular flexibility index (Phi) is 7.00. The summed E-state index contributed by atoms with van der Waals surface area (Å²) >= 11 is 5.93. The molecule has 1 aromatic rings. The summed E-state index contributed by atoms with van der Waals surface area (Å²) in [5.74, 6) is 0.359. The van der Waals surface area contributed by atoms with Crippen LogP contribution in [0.1, 0.15) is 48.9 Å². The maximum Gasteiger partial charge on any atom is 0.255 e. The fourth-order valence-corrected chi connectivity index (χ4v) is 2.88. The second kappa shape index (κ2) is 9.01. The second-order valence-corrected chi connectivity index (χ2v) is 6.02. The molecule has 5 heteroatoms. The third-order valence-electron chi connectivity index (χ3n) is 3.92. The van der Waals surface area contributed by atoms with E-state index in [0.29, 0.717) is 35.6 Å². The van der Waals surface area contributed by atoms with Gasteiger partial charge in [-0.2, -0.15) is 0 Å². The van der Waals surface area contributed by atoms with Crippen molar-refractivity contribution in [3.8, 4) is 5.75 Å². The fourth-order valence-electron chi connectivity index (χ4n) is 2.71. The first-order valence-electron chi connectivity index (χ1n) is 7.94. The topological polar surface area (TPSA) is 47.6 Å². The van der Waals surface area contributed by atoms with Crippen molar-refractivity contribution in [1.29, 1.82) is 0 Å². The van der Waals surface area contributed by atoms with Gasteiger partial charge in [0.25, 0.3) is 5.91 Å². The molecular formula is C17H24ClNO3. The molecule has 0 atom stereocenters. The zero-order valence-corrected chi connectivity index (χ0v) is 13.8. The van der Waals surface area contributed by atoms with Gasteiger partial charge < -0.3 is 14.8 Å². The van der Waals surface area contributed by atoms with Crippen molar-refractivity contribution < 1.29 is 14.3 Å². The number of carbonyl (C=O) groups excluding carboxylic acids is 1. The largest absolute Gasteiger partial charge is 0.496 e. The zero-order chi connectivity index (χ0) is 15.8. The van der Waals surface area contributed by atoms with E-state index in [-0.39, 0.29) is 5.91 Å². The summed E-state index contributed by atoms with van der Waals surface area (Å²) in [4.78, 5) is 12.2. The van der Waals surface area contributed by atoms with Crippen molar-refractivity contribution in [2.75, 3.05) is 20.3 Å². The number of methoxy groups -OCH3 is 1. The Morgan fingerprint density at radius 3 is 2.82 bits per heavy atom. The van der Waals surface area contributed by atoms with E-state index in [4.69, 9.17) is 21.1 Å². The summed E-state index contributed by atoms with van der Waals surface area (Å²) in [7, 11) is 1.54. The number of amides is 1. The summed E-state index contributed by atoms with van der Waals surface area (Å²) in [5, 5.41) is 3.40. The molecule has 0 radical (unpaired) electrons. The van der Waals surface area contributed by atoms with Crippen molar-refractivity contribution in [1.82, 2.24) is 5.32 Å². The maximum atomic E-state index is 12.2. The summed E-state index contributed by atoms with van der Waals surface area (Å²) in [6.07, 6.45) is 7.45. The highest BCUT2D eigenvalue weighted by molar-refractivity contribution is 6.31. The summed E-state index contributed by atoms with van der Waals surface area (Å²) in [6.45, 7) is 1.28. The molecule has 0 bridgehead atoms. The molecule has 2 rings (SSSR count). The van der Waals surface area contributed by atoms with Gasteiger partial charge in [0.2, 0.25) is 0 Å². The van der Waals surface area contributed by atoms with Crippen molar-refractivity contribution in [2.45, 2.75) is 44.6 Å². The van der Waals surface area contributed by atoms with E-state index in [1.54, 1.807) is 18.2 Å². The molecule has 1 saturated carbocycles. The molecule has 4 nitrogen and oxygen atoms in total. The van der Waals surface area contributed by atoms with Crippen molar-refractivity contribution >= 4 is 17.5 Å². The zero-order valence-electron chi connectivity index (χ0n) is 13.1. The highest BCUT2D eigenvalue weighted by atomic mass is 35.5. The highest BCUT2D eigenvalue weighted by Gasteiger charge is 2.14. The van der Waals surface area contributed by atoms with Crippen LogP contribution in [0.2, 0.25) is 5.02 Å². The Morgan fingerprint density at radius 2 is 2.09 bits per heavy atom. The van der Waals surface area contributed by atoms with Gasteiger partial charge in [0.1, 0.15) is 5.75 Å². The van der Waals surface area contributed by atoms with Crippen LogP contribution in [0.25, 0.3) is 0 Å². The summed E-state index contributed by atoms with van der Waals surface area (Å²) in [6, 6.07) is 5.02. The number of hydrogen-bond acceptors (Lipinski definition) is 3. The van der Waals surface area contributed by atoms with Gasteiger partial charge in [0, 0.05) is 18.2 Å². The number of hydrogen-bond donors (Lipinski definition) is 1. The van der Waals surface area contributed by atoms with Crippen LogP contribution in [0, 0.1) is 0 Å². The highest BCUT2D eigenvalue weighted by Crippen LogP contribution is 2.22. The Balaban J connectivity index is 1.70. The quantitative estimate of drug-likeness (QED) is 0.775. The first-order valence-corrected chi connectivity index (χ1v) is 8.32. The average Bonchev–Trinajstić information content (AvgIpc) is 2.55. The smallest absolute Gasteiger partial charge is 0.255 e. The Labute approximate surface area is 137 Å². The number of benzene rings is 1. The van der Waals surface area contributed by atoms with Crippen LogP contribution in [0.15, 0.2) is 18.2 Å². The molecule has 0 unspecified atom stereocenters. The molecule has 1 N–H and O–H groups in total. The monoisotopic (exact) mass is 325 g/mol. The van der Waals surface area contributed by atoms with Crippen LogP contribution < -0.4 is 10.1 Å².